The highest BCUT2D eigenvalue weighted by Gasteiger charge is 2.15. The molecule has 0 bridgehead atoms. The van der Waals surface area contributed by atoms with Crippen LogP contribution in [0.25, 0.3) is 28.2 Å². The van der Waals surface area contributed by atoms with Gasteiger partial charge in [0.15, 0.2) is 0 Å². The molecule has 148 valence electrons. The molecule has 3 heterocycles. The lowest BCUT2D eigenvalue weighted by Gasteiger charge is -2.09. The molecule has 0 amide bonds. The first-order valence-electron chi connectivity index (χ1n) is 9.07. The number of benzene rings is 1. The predicted octanol–water partition coefficient (Wildman–Crippen LogP) is 4.88. The van der Waals surface area contributed by atoms with Crippen LogP contribution in [-0.4, -0.2) is 33.1 Å². The van der Waals surface area contributed by atoms with E-state index in [-0.39, 0.29) is 0 Å². The fourth-order valence-corrected chi connectivity index (χ4v) is 3.50. The number of hydrogen-bond donors (Lipinski definition) is 0. The van der Waals surface area contributed by atoms with Crippen molar-refractivity contribution in [3.05, 3.63) is 59.5 Å². The molecule has 29 heavy (non-hydrogen) atoms. The van der Waals surface area contributed by atoms with Crippen LogP contribution in [0.2, 0.25) is 0 Å². The van der Waals surface area contributed by atoms with Crippen molar-refractivity contribution in [1.29, 1.82) is 0 Å². The van der Waals surface area contributed by atoms with Gasteiger partial charge in [-0.2, -0.15) is 5.10 Å². The Morgan fingerprint density at radius 1 is 1.24 bits per heavy atom. The maximum atomic E-state index is 5.80. The average molecular weight is 455 g/mol. The minimum absolute atomic E-state index is 0.406. The number of hydrogen-bond acceptors (Lipinski definition) is 6. The largest absolute Gasteiger partial charge is 0.493 e. The molecule has 0 saturated carbocycles. The Kier molecular flexibility index (Phi) is 5.62. The van der Waals surface area contributed by atoms with Crippen LogP contribution in [0.3, 0.4) is 0 Å². The molecule has 0 N–H and O–H groups in total. The molecule has 4 rings (SSSR count). The van der Waals surface area contributed by atoms with Crippen LogP contribution in [0.4, 0.5) is 0 Å². The van der Waals surface area contributed by atoms with E-state index < -0.39 is 0 Å². The van der Waals surface area contributed by atoms with Gasteiger partial charge in [0.2, 0.25) is 0 Å². The second-order valence-electron chi connectivity index (χ2n) is 6.33. The maximum Gasteiger partial charge on any atom is 0.263 e. The lowest BCUT2D eigenvalue weighted by atomic mass is 10.2. The molecule has 8 heteroatoms. The predicted molar refractivity (Wildman–Crippen MR) is 114 cm³/mol. The van der Waals surface area contributed by atoms with Gasteiger partial charge < -0.3 is 14.0 Å². The normalized spacial score (nSPS) is 11.0. The lowest BCUT2D eigenvalue weighted by molar-refractivity contribution is 0.233. The van der Waals surface area contributed by atoms with Crippen molar-refractivity contribution in [3.8, 4) is 22.9 Å². The van der Waals surface area contributed by atoms with Crippen molar-refractivity contribution < 1.29 is 14.0 Å². The zero-order valence-corrected chi connectivity index (χ0v) is 17.4. The van der Waals surface area contributed by atoms with Gasteiger partial charge in [0.1, 0.15) is 22.2 Å². The van der Waals surface area contributed by atoms with Gasteiger partial charge in [-0.3, -0.25) is 9.67 Å². The summed E-state index contributed by atoms with van der Waals surface area (Å²) in [5.74, 6) is 1.22. The van der Waals surface area contributed by atoms with Crippen LogP contribution in [0.15, 0.2) is 58.5 Å². The van der Waals surface area contributed by atoms with Gasteiger partial charge in [-0.25, -0.2) is 0 Å². The van der Waals surface area contributed by atoms with Gasteiger partial charge in [-0.15, -0.1) is 0 Å². The van der Waals surface area contributed by atoms with Crippen LogP contribution in [0.1, 0.15) is 12.0 Å². The third kappa shape index (κ3) is 4.02. The van der Waals surface area contributed by atoms with Gasteiger partial charge in [0.25, 0.3) is 5.88 Å². The van der Waals surface area contributed by atoms with Crippen LogP contribution in [-0.2, 0) is 7.05 Å². The highest BCUT2D eigenvalue weighted by Crippen LogP contribution is 2.31. The first-order chi connectivity index (χ1) is 14.2. The molecule has 0 atom stereocenters. The first kappa shape index (κ1) is 19.2. The SMILES string of the molecule is C=Cc1ccccc1OCCCOc1nocc1-c1cc2c(Br)nn(C)c2cn1. The molecule has 0 spiro atoms. The molecule has 1 aromatic carbocycles. The summed E-state index contributed by atoms with van der Waals surface area (Å²) < 4.78 is 19.2. The van der Waals surface area contributed by atoms with E-state index in [9.17, 15) is 0 Å². The number of ether oxygens (including phenoxy) is 2. The number of fused-ring (bicyclic) bond motifs is 1. The zero-order valence-electron chi connectivity index (χ0n) is 15.8. The first-order valence-corrected chi connectivity index (χ1v) is 9.86. The van der Waals surface area contributed by atoms with E-state index >= 15 is 0 Å². The summed E-state index contributed by atoms with van der Waals surface area (Å²) >= 11 is 3.47. The van der Waals surface area contributed by atoms with Gasteiger partial charge >= 0.3 is 0 Å². The number of pyridine rings is 1. The van der Waals surface area contributed by atoms with E-state index in [0.29, 0.717) is 36.8 Å². The molecule has 0 saturated heterocycles. The second kappa shape index (κ2) is 8.48. The molecule has 0 aliphatic carbocycles. The lowest BCUT2D eigenvalue weighted by Crippen LogP contribution is -2.06. The summed E-state index contributed by atoms with van der Waals surface area (Å²) in [5, 5.41) is 9.26. The number of para-hydroxylation sites is 1. The number of aryl methyl sites for hydroxylation is 1. The average Bonchev–Trinajstić information content (AvgIpc) is 3.32. The van der Waals surface area contributed by atoms with Crippen molar-refractivity contribution in [3.63, 3.8) is 0 Å². The number of aromatic nitrogens is 4. The number of halogens is 1. The highest BCUT2D eigenvalue weighted by molar-refractivity contribution is 9.10. The smallest absolute Gasteiger partial charge is 0.263 e. The number of nitrogens with zero attached hydrogens (tertiary/aromatic N) is 4. The Bertz CT molecular complexity index is 1150. The summed E-state index contributed by atoms with van der Waals surface area (Å²) in [6.45, 7) is 4.75. The summed E-state index contributed by atoms with van der Waals surface area (Å²) in [6.07, 6.45) is 5.77. The van der Waals surface area contributed by atoms with E-state index in [1.807, 2.05) is 37.4 Å². The van der Waals surface area contributed by atoms with Crippen molar-refractivity contribution in [2.75, 3.05) is 13.2 Å². The van der Waals surface area contributed by atoms with Crippen molar-refractivity contribution in [1.82, 2.24) is 19.9 Å². The van der Waals surface area contributed by atoms with E-state index in [0.717, 1.165) is 26.8 Å². The fourth-order valence-electron chi connectivity index (χ4n) is 2.95. The fraction of sp³-hybridized carbons (Fsp3) is 0.190. The Morgan fingerprint density at radius 2 is 2.07 bits per heavy atom. The van der Waals surface area contributed by atoms with E-state index in [1.165, 1.54) is 6.26 Å². The molecular formula is C21H19BrN4O3. The van der Waals surface area contributed by atoms with Gasteiger partial charge in [-0.1, -0.05) is 30.9 Å². The van der Waals surface area contributed by atoms with Gasteiger partial charge in [0.05, 0.1) is 30.6 Å². The van der Waals surface area contributed by atoms with E-state index in [1.54, 1.807) is 17.0 Å². The quantitative estimate of drug-likeness (QED) is 0.353. The molecule has 3 aromatic heterocycles. The minimum Gasteiger partial charge on any atom is -0.493 e. The Morgan fingerprint density at radius 3 is 2.93 bits per heavy atom. The molecule has 0 unspecified atom stereocenters. The van der Waals surface area contributed by atoms with Crippen LogP contribution in [0, 0.1) is 0 Å². The Labute approximate surface area is 176 Å². The van der Waals surface area contributed by atoms with E-state index in [4.69, 9.17) is 14.0 Å². The van der Waals surface area contributed by atoms with Gasteiger partial charge in [0, 0.05) is 24.4 Å². The van der Waals surface area contributed by atoms with Crippen molar-refractivity contribution >= 4 is 32.9 Å². The molecular weight excluding hydrogens is 436 g/mol. The topological polar surface area (TPSA) is 75.2 Å². The van der Waals surface area contributed by atoms with E-state index in [2.05, 4.69) is 37.7 Å². The maximum absolute atomic E-state index is 5.80. The third-order valence-corrected chi connectivity index (χ3v) is 5.01. The van der Waals surface area contributed by atoms with Crippen LogP contribution in [0.5, 0.6) is 11.6 Å². The van der Waals surface area contributed by atoms with Crippen LogP contribution >= 0.6 is 15.9 Å². The summed E-state index contributed by atoms with van der Waals surface area (Å²) in [6, 6.07) is 9.71. The van der Waals surface area contributed by atoms with Crippen molar-refractivity contribution in [2.45, 2.75) is 6.42 Å². The molecule has 0 fully saturated rings. The molecule has 0 aliphatic rings. The second-order valence-corrected chi connectivity index (χ2v) is 7.08. The number of rotatable bonds is 8. The summed E-state index contributed by atoms with van der Waals surface area (Å²) in [4.78, 5) is 4.49. The standard InChI is InChI=1S/C21H19BrN4O3/c1-3-14-7-4-5-8-19(14)27-9-6-10-28-21-16(13-29-25-21)17-11-15-18(12-23-17)26(2)24-20(15)22/h3-5,7-8,11-13H,1,6,9-10H2,2H3. The zero-order chi connectivity index (χ0) is 20.2. The molecule has 0 aliphatic heterocycles. The van der Waals surface area contributed by atoms with Crippen LogP contribution < -0.4 is 9.47 Å². The summed E-state index contributed by atoms with van der Waals surface area (Å²) in [7, 11) is 1.87. The third-order valence-electron chi connectivity index (χ3n) is 4.43. The highest BCUT2D eigenvalue weighted by atomic mass is 79.9. The van der Waals surface area contributed by atoms with Crippen molar-refractivity contribution in [2.24, 2.45) is 7.05 Å². The molecule has 7 nitrogen and oxygen atoms in total. The van der Waals surface area contributed by atoms with Gasteiger partial charge in [-0.05, 0) is 33.2 Å². The molecule has 4 aromatic rings. The minimum atomic E-state index is 0.406. The summed E-state index contributed by atoms with van der Waals surface area (Å²) in [5.41, 5.74) is 3.30. The Balaban J connectivity index is 1.39. The monoisotopic (exact) mass is 454 g/mol. The Hall–Kier alpha value is -3.13. The molecule has 0 radical (unpaired) electrons.